The molecule has 2 aliphatic rings. The first-order valence-electron chi connectivity index (χ1n) is 8.96. The average molecular weight is 396 g/mol. The number of carboxylic acids is 1. The van der Waals surface area contributed by atoms with E-state index in [0.29, 0.717) is 38.3 Å². The van der Waals surface area contributed by atoms with E-state index in [4.69, 9.17) is 4.74 Å². The van der Waals surface area contributed by atoms with Crippen molar-refractivity contribution in [3.63, 3.8) is 0 Å². The molecule has 1 amide bonds. The second-order valence-electron chi connectivity index (χ2n) is 7.08. The Morgan fingerprint density at radius 2 is 2.04 bits per heavy atom. The zero-order valence-electron chi connectivity index (χ0n) is 15.2. The summed E-state index contributed by atoms with van der Waals surface area (Å²) in [5, 5.41) is 9.68. The van der Waals surface area contributed by atoms with Gasteiger partial charge in [0.15, 0.2) is 0 Å². The third-order valence-electron chi connectivity index (χ3n) is 5.41. The number of carboxylic acid groups (broad SMARTS) is 1. The Hall–Kier alpha value is -1.97. The van der Waals surface area contributed by atoms with E-state index in [-0.39, 0.29) is 29.7 Å². The van der Waals surface area contributed by atoms with E-state index in [1.807, 2.05) is 0 Å². The minimum absolute atomic E-state index is 0.102. The van der Waals surface area contributed by atoms with E-state index in [9.17, 15) is 23.1 Å². The first-order valence-corrected chi connectivity index (χ1v) is 10.4. The van der Waals surface area contributed by atoms with Crippen LogP contribution in [-0.4, -0.2) is 63.1 Å². The molecule has 0 unspecified atom stereocenters. The van der Waals surface area contributed by atoms with Crippen LogP contribution in [0.5, 0.6) is 0 Å². The van der Waals surface area contributed by atoms with E-state index >= 15 is 0 Å². The second-order valence-corrected chi connectivity index (χ2v) is 8.85. The number of hydrogen-bond acceptors (Lipinski definition) is 5. The van der Waals surface area contributed by atoms with E-state index in [1.165, 1.54) is 12.1 Å². The highest BCUT2D eigenvalue weighted by Crippen LogP contribution is 2.42. The van der Waals surface area contributed by atoms with Crippen molar-refractivity contribution in [2.24, 2.45) is 11.3 Å². The molecule has 2 N–H and O–H groups in total. The van der Waals surface area contributed by atoms with Crippen molar-refractivity contribution in [3.8, 4) is 0 Å². The summed E-state index contributed by atoms with van der Waals surface area (Å²) in [4.78, 5) is 26.2. The van der Waals surface area contributed by atoms with Gasteiger partial charge in [0, 0.05) is 32.2 Å². The summed E-state index contributed by atoms with van der Waals surface area (Å²) in [6.45, 7) is 3.32. The summed E-state index contributed by atoms with van der Waals surface area (Å²) in [6.07, 6.45) is 0.512. The maximum atomic E-state index is 12.7. The Balaban J connectivity index is 1.68. The Labute approximate surface area is 158 Å². The second kappa shape index (κ2) is 7.57. The van der Waals surface area contributed by atoms with Gasteiger partial charge in [0.05, 0.1) is 23.3 Å². The Morgan fingerprint density at radius 1 is 1.33 bits per heavy atom. The van der Waals surface area contributed by atoms with Gasteiger partial charge in [-0.3, -0.25) is 9.59 Å². The molecule has 2 heterocycles. The highest BCUT2D eigenvalue weighted by molar-refractivity contribution is 7.89. The van der Waals surface area contributed by atoms with Gasteiger partial charge in [-0.25, -0.2) is 13.1 Å². The van der Waals surface area contributed by atoms with Crippen LogP contribution in [0.25, 0.3) is 0 Å². The number of nitrogens with one attached hydrogen (secondary N) is 1. The van der Waals surface area contributed by atoms with Gasteiger partial charge in [-0.2, -0.15) is 0 Å². The Morgan fingerprint density at radius 3 is 2.63 bits per heavy atom. The van der Waals surface area contributed by atoms with Gasteiger partial charge in [-0.1, -0.05) is 19.1 Å². The molecule has 0 bridgehead atoms. The first kappa shape index (κ1) is 19.8. The van der Waals surface area contributed by atoms with Crippen LogP contribution in [0.3, 0.4) is 0 Å². The summed E-state index contributed by atoms with van der Waals surface area (Å²) in [7, 11) is -3.53. The van der Waals surface area contributed by atoms with Gasteiger partial charge in [0.25, 0.3) is 0 Å². The lowest BCUT2D eigenvalue weighted by Crippen LogP contribution is -2.45. The van der Waals surface area contributed by atoms with Gasteiger partial charge in [-0.15, -0.1) is 0 Å². The predicted molar refractivity (Wildman–Crippen MR) is 96.6 cm³/mol. The molecule has 9 heteroatoms. The van der Waals surface area contributed by atoms with Crippen LogP contribution < -0.4 is 4.72 Å². The van der Waals surface area contributed by atoms with Crippen LogP contribution in [0.2, 0.25) is 0 Å². The molecule has 2 saturated heterocycles. The van der Waals surface area contributed by atoms with Gasteiger partial charge in [0.2, 0.25) is 15.9 Å². The van der Waals surface area contributed by atoms with E-state index in [2.05, 4.69) is 4.72 Å². The molecular weight excluding hydrogens is 372 g/mol. The molecule has 2 aliphatic heterocycles. The largest absolute Gasteiger partial charge is 0.481 e. The Bertz CT molecular complexity index is 823. The molecule has 8 nitrogen and oxygen atoms in total. The number of likely N-dealkylation sites (tertiary alicyclic amines) is 1. The maximum Gasteiger partial charge on any atom is 0.311 e. The Kier molecular flexibility index (Phi) is 5.55. The molecule has 1 aromatic carbocycles. The SMILES string of the molecule is CCNS(=O)(=O)c1ccc(CC(=O)N2C[C@H]3COCC[C@@]3(C(=O)O)C2)cc1. The summed E-state index contributed by atoms with van der Waals surface area (Å²) < 4.78 is 31.8. The van der Waals surface area contributed by atoms with Crippen molar-refractivity contribution in [2.45, 2.75) is 24.7 Å². The lowest BCUT2D eigenvalue weighted by molar-refractivity contribution is -0.157. The van der Waals surface area contributed by atoms with Crippen molar-refractivity contribution < 1.29 is 27.9 Å². The molecule has 0 spiro atoms. The number of aliphatic carboxylic acids is 1. The zero-order chi connectivity index (χ0) is 19.7. The summed E-state index contributed by atoms with van der Waals surface area (Å²) >= 11 is 0. The van der Waals surface area contributed by atoms with E-state index in [0.717, 1.165) is 0 Å². The number of carbonyl (C=O) groups is 2. The average Bonchev–Trinajstić information content (AvgIpc) is 3.03. The topological polar surface area (TPSA) is 113 Å². The molecule has 0 saturated carbocycles. The van der Waals surface area contributed by atoms with Gasteiger partial charge < -0.3 is 14.7 Å². The van der Waals surface area contributed by atoms with Gasteiger partial charge >= 0.3 is 5.97 Å². The van der Waals surface area contributed by atoms with Crippen LogP contribution in [-0.2, 0) is 30.8 Å². The van der Waals surface area contributed by atoms with Gasteiger partial charge in [-0.05, 0) is 24.1 Å². The number of amides is 1. The molecule has 0 aliphatic carbocycles. The minimum atomic E-state index is -3.53. The molecule has 2 atom stereocenters. The van der Waals surface area contributed by atoms with Crippen molar-refractivity contribution in [1.29, 1.82) is 0 Å². The number of ether oxygens (including phenoxy) is 1. The van der Waals surface area contributed by atoms with Crippen molar-refractivity contribution in [1.82, 2.24) is 9.62 Å². The third kappa shape index (κ3) is 3.85. The van der Waals surface area contributed by atoms with Crippen LogP contribution in [0.4, 0.5) is 0 Å². The van der Waals surface area contributed by atoms with Gasteiger partial charge in [0.1, 0.15) is 0 Å². The number of hydrogen-bond donors (Lipinski definition) is 2. The highest BCUT2D eigenvalue weighted by atomic mass is 32.2. The first-order chi connectivity index (χ1) is 12.8. The molecule has 0 radical (unpaired) electrons. The normalized spacial score (nSPS) is 25.2. The molecular formula is C18H24N2O6S. The highest BCUT2D eigenvalue weighted by Gasteiger charge is 2.54. The lowest BCUT2D eigenvalue weighted by atomic mass is 9.74. The number of fused-ring (bicyclic) bond motifs is 1. The quantitative estimate of drug-likeness (QED) is 0.723. The smallest absolute Gasteiger partial charge is 0.311 e. The van der Waals surface area contributed by atoms with Crippen molar-refractivity contribution in [3.05, 3.63) is 29.8 Å². The van der Waals surface area contributed by atoms with Crippen LogP contribution >= 0.6 is 0 Å². The van der Waals surface area contributed by atoms with E-state index in [1.54, 1.807) is 24.0 Å². The zero-order valence-corrected chi connectivity index (χ0v) is 16.0. The number of sulfonamides is 1. The fraction of sp³-hybridized carbons (Fsp3) is 0.556. The fourth-order valence-electron chi connectivity index (χ4n) is 3.84. The van der Waals surface area contributed by atoms with Crippen molar-refractivity contribution >= 4 is 21.9 Å². The molecule has 27 heavy (non-hydrogen) atoms. The summed E-state index contributed by atoms with van der Waals surface area (Å²) in [5.41, 5.74) is -0.233. The molecule has 0 aromatic heterocycles. The number of rotatable bonds is 6. The third-order valence-corrected chi connectivity index (χ3v) is 6.97. The summed E-state index contributed by atoms with van der Waals surface area (Å²) in [6, 6.07) is 6.16. The lowest BCUT2D eigenvalue weighted by Gasteiger charge is -2.33. The standard InChI is InChI=1S/C18H24N2O6S/c1-2-19-27(24,25)15-5-3-13(4-6-15)9-16(21)20-10-14-11-26-8-7-18(14,12-20)17(22)23/h3-6,14,19H,2,7-12H2,1H3,(H,22,23)/t14-,18+/m0/s1. The molecule has 3 rings (SSSR count). The van der Waals surface area contributed by atoms with Crippen LogP contribution in [0, 0.1) is 11.3 Å². The monoisotopic (exact) mass is 396 g/mol. The maximum absolute atomic E-state index is 12.7. The van der Waals surface area contributed by atoms with E-state index < -0.39 is 21.4 Å². The predicted octanol–water partition coefficient (Wildman–Crippen LogP) is 0.477. The number of carbonyl (C=O) groups excluding carboxylic acids is 1. The molecule has 148 valence electrons. The molecule has 2 fully saturated rings. The van der Waals surface area contributed by atoms with Crippen LogP contribution in [0.1, 0.15) is 18.9 Å². The molecule has 1 aromatic rings. The summed E-state index contributed by atoms with van der Waals surface area (Å²) in [5.74, 6) is -1.23. The fourth-order valence-corrected chi connectivity index (χ4v) is 4.88. The number of benzene rings is 1. The van der Waals surface area contributed by atoms with Crippen molar-refractivity contribution in [2.75, 3.05) is 32.8 Å². The minimum Gasteiger partial charge on any atom is -0.481 e. The van der Waals surface area contributed by atoms with Crippen LogP contribution in [0.15, 0.2) is 29.2 Å². The number of nitrogens with zero attached hydrogens (tertiary/aromatic N) is 1.